The summed E-state index contributed by atoms with van der Waals surface area (Å²) in [6.07, 6.45) is 1.11. The van der Waals surface area contributed by atoms with E-state index < -0.39 is 5.97 Å². The number of hydrogen-bond acceptors (Lipinski definition) is 2. The lowest BCUT2D eigenvalue weighted by atomic mass is 10.7. The van der Waals surface area contributed by atoms with Gasteiger partial charge in [0.15, 0.2) is 0 Å². The summed E-state index contributed by atoms with van der Waals surface area (Å²) in [5.41, 5.74) is 0. The number of hydrogen-bond donors (Lipinski definition) is 0. The lowest BCUT2D eigenvalue weighted by Crippen LogP contribution is -1.91. The Morgan fingerprint density at radius 2 is 2.29 bits per heavy atom. The van der Waals surface area contributed by atoms with Crippen LogP contribution in [0.15, 0.2) is 12.7 Å². The Hall–Kier alpha value is -0.830. The van der Waals surface area contributed by atoms with Gasteiger partial charge in [0, 0.05) is 6.08 Å². The Morgan fingerprint density at radius 3 is 2.29 bits per heavy atom. The fourth-order valence-corrected chi connectivity index (χ4v) is 0.0833. The van der Waals surface area contributed by atoms with Gasteiger partial charge in [-0.25, -0.2) is 4.79 Å². The number of rotatable bonds is 1. The van der Waals surface area contributed by atoms with Crippen molar-refractivity contribution < 1.29 is 15.0 Å². The fraction of sp³-hybridized carbons (Fsp3) is 0.250. The standard InChI is InChI=1S/C4H6O2.H2O/c1-3-4(5)6-2;/h3H,1H2,2H3;1H2. The topological polar surface area (TPSA) is 57.8 Å². The summed E-state index contributed by atoms with van der Waals surface area (Å²) in [6.45, 7) is 3.16. The molecule has 0 radical (unpaired) electrons. The Labute approximate surface area is 41.9 Å². The summed E-state index contributed by atoms with van der Waals surface area (Å²) in [7, 11) is 1.31. The molecular formula is C4H8O3. The van der Waals surface area contributed by atoms with E-state index in [-0.39, 0.29) is 5.48 Å². The number of esters is 1. The largest absolute Gasteiger partial charge is 0.466 e. The quantitative estimate of drug-likeness (QED) is 0.333. The average molecular weight is 104 g/mol. The van der Waals surface area contributed by atoms with Gasteiger partial charge in [-0.05, 0) is 0 Å². The normalized spacial score (nSPS) is 5.86. The predicted molar refractivity (Wildman–Crippen MR) is 25.8 cm³/mol. The van der Waals surface area contributed by atoms with Crippen molar-refractivity contribution in [3.05, 3.63) is 12.7 Å². The minimum Gasteiger partial charge on any atom is -0.466 e. The van der Waals surface area contributed by atoms with Crippen LogP contribution in [0.1, 0.15) is 0 Å². The van der Waals surface area contributed by atoms with Gasteiger partial charge in [0.1, 0.15) is 0 Å². The first-order valence-corrected chi connectivity index (χ1v) is 1.51. The van der Waals surface area contributed by atoms with Crippen LogP contribution >= 0.6 is 0 Å². The molecule has 0 rings (SSSR count). The summed E-state index contributed by atoms with van der Waals surface area (Å²) in [5.74, 6) is -0.394. The third-order valence-electron chi connectivity index (χ3n) is 0.368. The van der Waals surface area contributed by atoms with Crippen molar-refractivity contribution >= 4 is 5.97 Å². The molecule has 0 aliphatic rings. The molecule has 2 N–H and O–H groups in total. The second-order valence-corrected chi connectivity index (χ2v) is 0.727. The lowest BCUT2D eigenvalue weighted by molar-refractivity contribution is -0.134. The van der Waals surface area contributed by atoms with Gasteiger partial charge in [-0.15, -0.1) is 0 Å². The molecular weight excluding hydrogens is 96.0 g/mol. The first-order valence-electron chi connectivity index (χ1n) is 1.51. The van der Waals surface area contributed by atoms with Crippen LogP contribution in [-0.2, 0) is 9.53 Å². The van der Waals surface area contributed by atoms with Gasteiger partial charge in [-0.1, -0.05) is 6.58 Å². The van der Waals surface area contributed by atoms with Crippen LogP contribution in [0.2, 0.25) is 0 Å². The maximum atomic E-state index is 9.84. The zero-order valence-corrected chi connectivity index (χ0v) is 4.10. The summed E-state index contributed by atoms with van der Waals surface area (Å²) < 4.78 is 4.14. The Balaban J connectivity index is 0. The number of carbonyl (C=O) groups is 1. The van der Waals surface area contributed by atoms with Crippen LogP contribution in [0.5, 0.6) is 0 Å². The molecule has 0 saturated carbocycles. The molecule has 0 amide bonds. The van der Waals surface area contributed by atoms with E-state index in [1.807, 2.05) is 0 Å². The molecule has 0 aromatic heterocycles. The van der Waals surface area contributed by atoms with Crippen molar-refractivity contribution in [2.45, 2.75) is 0 Å². The highest BCUT2D eigenvalue weighted by Gasteiger charge is 1.81. The second-order valence-electron chi connectivity index (χ2n) is 0.727. The smallest absolute Gasteiger partial charge is 0.329 e. The molecule has 0 spiro atoms. The average Bonchev–Trinajstić information content (AvgIpc) is 1.65. The third kappa shape index (κ3) is 5.17. The highest BCUT2D eigenvalue weighted by atomic mass is 16.5. The van der Waals surface area contributed by atoms with E-state index >= 15 is 0 Å². The number of carbonyl (C=O) groups excluding carboxylic acids is 1. The number of methoxy groups -OCH3 is 1. The van der Waals surface area contributed by atoms with Gasteiger partial charge >= 0.3 is 5.97 Å². The maximum absolute atomic E-state index is 9.84. The highest BCUT2D eigenvalue weighted by molar-refractivity contribution is 5.80. The molecule has 0 heterocycles. The molecule has 0 aromatic carbocycles. The summed E-state index contributed by atoms with van der Waals surface area (Å²) >= 11 is 0. The molecule has 0 atom stereocenters. The van der Waals surface area contributed by atoms with Crippen LogP contribution in [0, 0.1) is 0 Å². The van der Waals surface area contributed by atoms with Crippen molar-refractivity contribution in [1.29, 1.82) is 0 Å². The summed E-state index contributed by atoms with van der Waals surface area (Å²) in [5, 5.41) is 0. The molecule has 42 valence electrons. The predicted octanol–water partition coefficient (Wildman–Crippen LogP) is -0.479. The van der Waals surface area contributed by atoms with Gasteiger partial charge in [-0.3, -0.25) is 0 Å². The number of ether oxygens (including phenoxy) is 1. The Kier molecular flexibility index (Phi) is 7.00. The van der Waals surface area contributed by atoms with Crippen molar-refractivity contribution in [1.82, 2.24) is 0 Å². The van der Waals surface area contributed by atoms with Gasteiger partial charge in [0.25, 0.3) is 0 Å². The van der Waals surface area contributed by atoms with Crippen LogP contribution in [-0.4, -0.2) is 18.6 Å². The van der Waals surface area contributed by atoms with E-state index in [9.17, 15) is 4.79 Å². The molecule has 0 fully saturated rings. The molecule has 0 aliphatic carbocycles. The molecule has 0 saturated heterocycles. The Bertz CT molecular complexity index is 67.3. The van der Waals surface area contributed by atoms with Crippen molar-refractivity contribution in [2.24, 2.45) is 0 Å². The first kappa shape index (κ1) is 9.48. The van der Waals surface area contributed by atoms with E-state index in [4.69, 9.17) is 0 Å². The van der Waals surface area contributed by atoms with Gasteiger partial charge in [0.2, 0.25) is 0 Å². The zero-order chi connectivity index (χ0) is 4.99. The van der Waals surface area contributed by atoms with Gasteiger partial charge in [0.05, 0.1) is 7.11 Å². The van der Waals surface area contributed by atoms with E-state index in [1.54, 1.807) is 0 Å². The molecule has 0 aliphatic heterocycles. The van der Waals surface area contributed by atoms with E-state index in [0.717, 1.165) is 6.08 Å². The molecule has 0 unspecified atom stereocenters. The minimum absolute atomic E-state index is 0. The van der Waals surface area contributed by atoms with Crippen LogP contribution in [0.4, 0.5) is 0 Å². The second kappa shape index (κ2) is 5.17. The molecule has 3 nitrogen and oxygen atoms in total. The van der Waals surface area contributed by atoms with Crippen molar-refractivity contribution in [3.63, 3.8) is 0 Å². The van der Waals surface area contributed by atoms with Gasteiger partial charge < -0.3 is 10.2 Å². The van der Waals surface area contributed by atoms with Crippen LogP contribution in [0.25, 0.3) is 0 Å². The zero-order valence-electron chi connectivity index (χ0n) is 4.10. The maximum Gasteiger partial charge on any atom is 0.329 e. The molecule has 7 heavy (non-hydrogen) atoms. The SMILES string of the molecule is C=CC(=O)OC.O. The molecule has 0 bridgehead atoms. The van der Waals surface area contributed by atoms with Crippen LogP contribution < -0.4 is 0 Å². The summed E-state index contributed by atoms with van der Waals surface area (Å²) in [4.78, 5) is 9.84. The van der Waals surface area contributed by atoms with Crippen molar-refractivity contribution in [3.8, 4) is 0 Å². The van der Waals surface area contributed by atoms with E-state index in [1.165, 1.54) is 7.11 Å². The van der Waals surface area contributed by atoms with Gasteiger partial charge in [-0.2, -0.15) is 0 Å². The lowest BCUT2D eigenvalue weighted by Gasteiger charge is -1.83. The molecule has 3 heteroatoms. The Morgan fingerprint density at radius 1 is 1.86 bits per heavy atom. The van der Waals surface area contributed by atoms with E-state index in [2.05, 4.69) is 11.3 Å². The highest BCUT2D eigenvalue weighted by Crippen LogP contribution is 1.67. The monoisotopic (exact) mass is 104 g/mol. The van der Waals surface area contributed by atoms with Crippen LogP contribution in [0.3, 0.4) is 0 Å². The minimum atomic E-state index is -0.394. The first-order chi connectivity index (χ1) is 2.81. The fourth-order valence-electron chi connectivity index (χ4n) is 0.0833. The van der Waals surface area contributed by atoms with E-state index in [0.29, 0.717) is 0 Å². The third-order valence-corrected chi connectivity index (χ3v) is 0.368. The molecule has 0 aromatic rings. The van der Waals surface area contributed by atoms with Crippen molar-refractivity contribution in [2.75, 3.05) is 7.11 Å². The summed E-state index contributed by atoms with van der Waals surface area (Å²) in [6, 6.07) is 0.